The third kappa shape index (κ3) is 6.65. The first kappa shape index (κ1) is 18.1. The first-order valence-corrected chi connectivity index (χ1v) is 9.28. The molecule has 116 valence electrons. The molecule has 0 aliphatic carbocycles. The number of halogens is 2. The molecule has 9 heteroatoms. The zero-order valence-corrected chi connectivity index (χ0v) is 14.9. The maximum absolute atomic E-state index is 5.99. The highest BCUT2D eigenvalue weighted by Gasteiger charge is 2.31. The number of alkyl halides is 2. The number of nitrogens with two attached hydrogens (primary N) is 1. The smallest absolute Gasteiger partial charge is 0.291 e. The SMILES string of the molecule is CCCCSN(SCCCC)C1=NC(N)=NC(Cl)(Cl)N1. The van der Waals surface area contributed by atoms with E-state index in [4.69, 9.17) is 28.9 Å². The van der Waals surface area contributed by atoms with Crippen molar-refractivity contribution >= 4 is 59.0 Å². The minimum Gasteiger partial charge on any atom is -0.368 e. The molecule has 5 nitrogen and oxygen atoms in total. The van der Waals surface area contributed by atoms with E-state index in [0.29, 0.717) is 5.96 Å². The molecule has 0 atom stereocenters. The molecular weight excluding hydrogens is 337 g/mol. The molecule has 1 aliphatic heterocycles. The molecule has 0 saturated carbocycles. The Morgan fingerprint density at radius 1 is 1.20 bits per heavy atom. The van der Waals surface area contributed by atoms with E-state index >= 15 is 0 Å². The Morgan fingerprint density at radius 3 is 2.20 bits per heavy atom. The highest BCUT2D eigenvalue weighted by molar-refractivity contribution is 8.12. The third-order valence-electron chi connectivity index (χ3n) is 2.32. The first-order chi connectivity index (χ1) is 9.48. The molecule has 1 heterocycles. The summed E-state index contributed by atoms with van der Waals surface area (Å²) in [4.78, 5) is 8.01. The number of nitrogens with one attached hydrogen (secondary N) is 1. The summed E-state index contributed by atoms with van der Waals surface area (Å²) in [5.41, 5.74) is 5.66. The highest BCUT2D eigenvalue weighted by atomic mass is 35.5. The van der Waals surface area contributed by atoms with Crippen molar-refractivity contribution in [3.05, 3.63) is 0 Å². The molecule has 0 aromatic carbocycles. The Labute approximate surface area is 139 Å². The van der Waals surface area contributed by atoms with Crippen LogP contribution in [0.25, 0.3) is 0 Å². The minimum absolute atomic E-state index is 0.0842. The summed E-state index contributed by atoms with van der Waals surface area (Å²) in [5.74, 6) is 2.64. The summed E-state index contributed by atoms with van der Waals surface area (Å²) < 4.78 is 0.544. The van der Waals surface area contributed by atoms with Gasteiger partial charge in [0.05, 0.1) is 0 Å². The second-order valence-corrected chi connectivity index (χ2v) is 7.78. The molecule has 1 rings (SSSR count). The van der Waals surface area contributed by atoms with Gasteiger partial charge in [-0.25, -0.2) is 3.71 Å². The van der Waals surface area contributed by atoms with Gasteiger partial charge in [0.25, 0.3) is 4.58 Å². The van der Waals surface area contributed by atoms with Crippen LogP contribution in [0.15, 0.2) is 9.98 Å². The maximum atomic E-state index is 5.99. The standard InChI is InChI=1S/C11H21Cl2N5S2/c1-3-5-7-19-18(20-8-6-4-2)10-15-9(14)16-11(12,13)17-10/h3-8H2,1-2H3,(H3,14,15,16,17). The molecule has 0 bridgehead atoms. The van der Waals surface area contributed by atoms with Crippen LogP contribution in [0.1, 0.15) is 39.5 Å². The van der Waals surface area contributed by atoms with Gasteiger partial charge in [0.1, 0.15) is 0 Å². The summed E-state index contributed by atoms with van der Waals surface area (Å²) in [6, 6.07) is 0. The van der Waals surface area contributed by atoms with Crippen LogP contribution in [-0.2, 0) is 0 Å². The number of aliphatic imine (C=N–C) groups is 2. The fourth-order valence-corrected chi connectivity index (χ4v) is 3.97. The van der Waals surface area contributed by atoms with Crippen molar-refractivity contribution in [2.24, 2.45) is 15.7 Å². The van der Waals surface area contributed by atoms with Gasteiger partial charge in [0, 0.05) is 11.5 Å². The fraction of sp³-hybridized carbons (Fsp3) is 0.818. The minimum atomic E-state index is -1.45. The molecular formula is C11H21Cl2N5S2. The maximum Gasteiger partial charge on any atom is 0.291 e. The molecule has 0 unspecified atom stereocenters. The van der Waals surface area contributed by atoms with E-state index in [2.05, 4.69) is 29.1 Å². The van der Waals surface area contributed by atoms with E-state index < -0.39 is 4.58 Å². The van der Waals surface area contributed by atoms with E-state index in [0.717, 1.165) is 37.2 Å². The van der Waals surface area contributed by atoms with Crippen LogP contribution in [0.2, 0.25) is 0 Å². The summed E-state index contributed by atoms with van der Waals surface area (Å²) in [5, 5.41) is 2.87. The van der Waals surface area contributed by atoms with E-state index in [1.165, 1.54) is 0 Å². The lowest BCUT2D eigenvalue weighted by Crippen LogP contribution is -2.48. The largest absolute Gasteiger partial charge is 0.368 e. The Kier molecular flexibility index (Phi) is 8.24. The third-order valence-corrected chi connectivity index (χ3v) is 5.07. The van der Waals surface area contributed by atoms with Crippen LogP contribution < -0.4 is 11.1 Å². The molecule has 20 heavy (non-hydrogen) atoms. The lowest BCUT2D eigenvalue weighted by atomic mass is 10.4. The van der Waals surface area contributed by atoms with Crippen molar-refractivity contribution in [2.45, 2.75) is 44.1 Å². The predicted molar refractivity (Wildman–Crippen MR) is 93.2 cm³/mol. The molecule has 1 aliphatic rings. The molecule has 0 amide bonds. The topological polar surface area (TPSA) is 66.0 Å². The first-order valence-electron chi connectivity index (χ1n) is 6.64. The highest BCUT2D eigenvalue weighted by Crippen LogP contribution is 2.28. The fourth-order valence-electron chi connectivity index (χ4n) is 1.30. The van der Waals surface area contributed by atoms with E-state index in [1.807, 2.05) is 3.71 Å². The van der Waals surface area contributed by atoms with Crippen LogP contribution in [0.3, 0.4) is 0 Å². The van der Waals surface area contributed by atoms with Gasteiger partial charge in [-0.1, -0.05) is 49.9 Å². The zero-order chi connectivity index (χ0) is 15.0. The zero-order valence-electron chi connectivity index (χ0n) is 11.7. The Hall–Kier alpha value is 0.0200. The van der Waals surface area contributed by atoms with Crippen molar-refractivity contribution in [1.29, 1.82) is 0 Å². The monoisotopic (exact) mass is 357 g/mol. The van der Waals surface area contributed by atoms with Crippen LogP contribution in [0.4, 0.5) is 0 Å². The second kappa shape index (κ2) is 9.12. The van der Waals surface area contributed by atoms with Crippen LogP contribution in [-0.4, -0.2) is 31.7 Å². The van der Waals surface area contributed by atoms with Gasteiger partial charge in [0.2, 0.25) is 11.9 Å². The summed E-state index contributed by atoms with van der Waals surface area (Å²) in [6.45, 7) is 4.33. The molecule has 0 saturated heterocycles. The van der Waals surface area contributed by atoms with Gasteiger partial charge >= 0.3 is 0 Å². The van der Waals surface area contributed by atoms with Gasteiger partial charge < -0.3 is 11.1 Å². The van der Waals surface area contributed by atoms with Gasteiger partial charge in [-0.15, -0.1) is 0 Å². The number of unbranched alkanes of at least 4 members (excludes halogenated alkanes) is 2. The van der Waals surface area contributed by atoms with Crippen molar-refractivity contribution < 1.29 is 0 Å². The van der Waals surface area contributed by atoms with Crippen molar-refractivity contribution in [2.75, 3.05) is 11.5 Å². The van der Waals surface area contributed by atoms with E-state index in [-0.39, 0.29) is 5.96 Å². The van der Waals surface area contributed by atoms with Crippen LogP contribution in [0.5, 0.6) is 0 Å². The normalized spacial score (nSPS) is 17.2. The predicted octanol–water partition coefficient (Wildman–Crippen LogP) is 3.55. The second-order valence-electron chi connectivity index (χ2n) is 4.20. The molecule has 0 radical (unpaired) electrons. The molecule has 3 N–H and O–H groups in total. The summed E-state index contributed by atoms with van der Waals surface area (Å²) >= 11 is 15.3. The van der Waals surface area contributed by atoms with Crippen molar-refractivity contribution in [3.63, 3.8) is 0 Å². The van der Waals surface area contributed by atoms with E-state index in [9.17, 15) is 0 Å². The number of guanidine groups is 2. The van der Waals surface area contributed by atoms with Gasteiger partial charge in [0.15, 0.2) is 0 Å². The van der Waals surface area contributed by atoms with Crippen molar-refractivity contribution in [1.82, 2.24) is 9.03 Å². The Bertz CT molecular complexity index is 353. The average molecular weight is 358 g/mol. The van der Waals surface area contributed by atoms with Crippen LogP contribution >= 0.6 is 47.1 Å². The molecule has 0 fully saturated rings. The quantitative estimate of drug-likeness (QED) is 0.301. The number of nitrogens with zero attached hydrogens (tertiary/aromatic N) is 3. The number of hydrogen-bond acceptors (Lipinski definition) is 7. The molecule has 0 aromatic rings. The lowest BCUT2D eigenvalue weighted by molar-refractivity contribution is 0.721. The number of hydrogen-bond donors (Lipinski definition) is 2. The summed E-state index contributed by atoms with van der Waals surface area (Å²) in [6.07, 6.45) is 4.58. The van der Waals surface area contributed by atoms with E-state index in [1.54, 1.807) is 23.9 Å². The summed E-state index contributed by atoms with van der Waals surface area (Å²) in [7, 11) is 0. The molecule has 0 aromatic heterocycles. The van der Waals surface area contributed by atoms with Crippen LogP contribution in [0, 0.1) is 0 Å². The lowest BCUT2D eigenvalue weighted by Gasteiger charge is -2.29. The Balaban J connectivity index is 2.68. The molecule has 0 spiro atoms. The van der Waals surface area contributed by atoms with Gasteiger partial charge in [-0.05, 0) is 36.7 Å². The Morgan fingerprint density at radius 2 is 1.75 bits per heavy atom. The van der Waals surface area contributed by atoms with Gasteiger partial charge in [-0.2, -0.15) is 9.98 Å². The van der Waals surface area contributed by atoms with Gasteiger partial charge in [-0.3, -0.25) is 0 Å². The van der Waals surface area contributed by atoms with Crippen molar-refractivity contribution in [3.8, 4) is 0 Å². The average Bonchev–Trinajstić information content (AvgIpc) is 2.35. The number of rotatable bonds is 8.